The predicted molar refractivity (Wildman–Crippen MR) is 179 cm³/mol. The first-order chi connectivity index (χ1) is 23.4. The molecule has 2 aromatic carbocycles. The molecule has 0 spiro atoms. The summed E-state index contributed by atoms with van der Waals surface area (Å²) < 4.78 is 60.4. The quantitative estimate of drug-likeness (QED) is 0.237. The molecule has 2 aliphatic heterocycles. The van der Waals surface area contributed by atoms with Gasteiger partial charge >= 0.3 is 6.09 Å². The first kappa shape index (κ1) is 35.9. The summed E-state index contributed by atoms with van der Waals surface area (Å²) in [6.07, 6.45) is 2.73. The molecule has 2 fully saturated rings. The van der Waals surface area contributed by atoms with Crippen molar-refractivity contribution in [3.8, 4) is 11.4 Å². The standard InChI is InChI=1S/C27H33FN6O4.C7H8O3S/c1-17(2)37-27(35)33-11-9-19(10-12-33)36-16-25-31-26(32-38-25)18-7-8-24(30-13-18)34-14-21(23(29)15-34)20-5-3-4-6-22(20)28;1-6-2-4-7(5-3-6)11(8,9)10/h3-8,13,17,19,21,23H,9-12,14-16,29H2,1-2H3;2-5H,1H3,(H,8,9,10)/t21-,23+;/m0./s1. The number of aromatic nitrogens is 3. The van der Waals surface area contributed by atoms with E-state index in [0.717, 1.165) is 29.8 Å². The highest BCUT2D eigenvalue weighted by molar-refractivity contribution is 7.85. The molecule has 2 aliphatic rings. The molecule has 49 heavy (non-hydrogen) atoms. The van der Waals surface area contributed by atoms with Crippen LogP contribution in [0.1, 0.15) is 49.6 Å². The molecule has 0 bridgehead atoms. The van der Waals surface area contributed by atoms with E-state index in [1.54, 1.807) is 35.4 Å². The summed E-state index contributed by atoms with van der Waals surface area (Å²) in [7, 11) is -4.02. The second-order valence-corrected chi connectivity index (χ2v) is 13.8. The number of ether oxygens (including phenoxy) is 2. The van der Waals surface area contributed by atoms with E-state index in [0.29, 0.717) is 43.5 Å². The van der Waals surface area contributed by atoms with Crippen molar-refractivity contribution in [2.45, 2.75) is 69.3 Å². The van der Waals surface area contributed by atoms with Crippen LogP contribution in [-0.4, -0.2) is 83.5 Å². The summed E-state index contributed by atoms with van der Waals surface area (Å²) >= 11 is 0. The molecule has 262 valence electrons. The lowest BCUT2D eigenvalue weighted by Gasteiger charge is -2.31. The summed E-state index contributed by atoms with van der Waals surface area (Å²) in [5, 5.41) is 4.06. The molecule has 2 atom stereocenters. The van der Waals surface area contributed by atoms with Crippen molar-refractivity contribution < 1.29 is 36.2 Å². The van der Waals surface area contributed by atoms with Crippen LogP contribution in [-0.2, 0) is 26.2 Å². The summed E-state index contributed by atoms with van der Waals surface area (Å²) in [5.41, 5.74) is 8.66. The van der Waals surface area contributed by atoms with Gasteiger partial charge in [-0.2, -0.15) is 13.4 Å². The number of carbonyl (C=O) groups excluding carboxylic acids is 1. The van der Waals surface area contributed by atoms with Crippen LogP contribution >= 0.6 is 0 Å². The SMILES string of the molecule is CC(C)OC(=O)N1CCC(OCc2nc(-c3ccc(N4C[C@@H](N)[C@H](c5ccccc5F)C4)nc3)no2)CC1.Cc1ccc(S(=O)(=O)O)cc1. The molecular weight excluding hydrogens is 655 g/mol. The van der Waals surface area contributed by atoms with E-state index in [-0.39, 0.29) is 47.6 Å². The molecule has 15 heteroatoms. The van der Waals surface area contributed by atoms with Gasteiger partial charge in [0.15, 0.2) is 0 Å². The topological polar surface area (TPSA) is 174 Å². The minimum absolute atomic E-state index is 0.00872. The van der Waals surface area contributed by atoms with Gasteiger partial charge in [-0.15, -0.1) is 0 Å². The number of hydrogen-bond acceptors (Lipinski definition) is 11. The van der Waals surface area contributed by atoms with Crippen LogP contribution in [0.4, 0.5) is 15.0 Å². The fourth-order valence-electron chi connectivity index (χ4n) is 5.64. The van der Waals surface area contributed by atoms with E-state index in [1.807, 2.05) is 39.0 Å². The highest BCUT2D eigenvalue weighted by atomic mass is 32.2. The van der Waals surface area contributed by atoms with Crippen LogP contribution in [0.2, 0.25) is 0 Å². The predicted octanol–water partition coefficient (Wildman–Crippen LogP) is 4.97. The number of amides is 1. The fraction of sp³-hybridized carbons (Fsp3) is 0.412. The van der Waals surface area contributed by atoms with Crippen LogP contribution in [0.25, 0.3) is 11.4 Å². The lowest BCUT2D eigenvalue weighted by atomic mass is 9.94. The number of rotatable bonds is 8. The molecule has 2 aromatic heterocycles. The molecule has 6 rings (SSSR count). The van der Waals surface area contributed by atoms with Crippen LogP contribution in [0.15, 0.2) is 76.3 Å². The Morgan fingerprint density at radius 3 is 2.43 bits per heavy atom. The van der Waals surface area contributed by atoms with Crippen LogP contribution in [0, 0.1) is 12.7 Å². The average molecular weight is 697 g/mol. The Morgan fingerprint density at radius 1 is 1.08 bits per heavy atom. The van der Waals surface area contributed by atoms with E-state index in [9.17, 15) is 17.6 Å². The Balaban J connectivity index is 0.000000363. The lowest BCUT2D eigenvalue weighted by Crippen LogP contribution is -2.41. The van der Waals surface area contributed by atoms with Gasteiger partial charge in [0, 0.05) is 49.9 Å². The lowest BCUT2D eigenvalue weighted by molar-refractivity contribution is -0.0147. The van der Waals surface area contributed by atoms with Gasteiger partial charge < -0.3 is 29.5 Å². The number of nitrogens with two attached hydrogens (primary N) is 1. The van der Waals surface area contributed by atoms with Crippen LogP contribution in [0.5, 0.6) is 0 Å². The van der Waals surface area contributed by atoms with Crippen molar-refractivity contribution >= 4 is 22.0 Å². The summed E-state index contributed by atoms with van der Waals surface area (Å²) in [6.45, 7) is 8.08. The molecule has 0 saturated carbocycles. The van der Waals surface area contributed by atoms with Crippen LogP contribution < -0.4 is 10.6 Å². The molecule has 0 aliphatic carbocycles. The van der Waals surface area contributed by atoms with Crippen molar-refractivity contribution in [3.05, 3.63) is 89.7 Å². The van der Waals surface area contributed by atoms with Gasteiger partial charge in [0.25, 0.3) is 16.0 Å². The zero-order chi connectivity index (χ0) is 35.1. The smallest absolute Gasteiger partial charge is 0.410 e. The molecule has 0 unspecified atom stereocenters. The number of likely N-dealkylation sites (tertiary alicyclic amines) is 1. The highest BCUT2D eigenvalue weighted by Gasteiger charge is 2.33. The van der Waals surface area contributed by atoms with Crippen molar-refractivity contribution in [2.24, 2.45) is 5.73 Å². The zero-order valence-corrected chi connectivity index (χ0v) is 28.4. The molecule has 0 radical (unpaired) electrons. The second kappa shape index (κ2) is 15.8. The van der Waals surface area contributed by atoms with Crippen molar-refractivity contribution in [2.75, 3.05) is 31.1 Å². The number of pyridine rings is 1. The Labute approximate surface area is 285 Å². The van der Waals surface area contributed by atoms with Crippen molar-refractivity contribution in [3.63, 3.8) is 0 Å². The molecule has 2 saturated heterocycles. The Hall–Kier alpha value is -4.44. The Kier molecular flexibility index (Phi) is 11.6. The van der Waals surface area contributed by atoms with Gasteiger partial charge in [-0.1, -0.05) is 41.1 Å². The van der Waals surface area contributed by atoms with Crippen LogP contribution in [0.3, 0.4) is 0 Å². The minimum atomic E-state index is -4.02. The van der Waals surface area contributed by atoms with Gasteiger partial charge in [0.1, 0.15) is 18.2 Å². The van der Waals surface area contributed by atoms with Gasteiger partial charge in [-0.3, -0.25) is 4.55 Å². The largest absolute Gasteiger partial charge is 0.447 e. The fourth-order valence-corrected chi connectivity index (χ4v) is 6.12. The monoisotopic (exact) mass is 696 g/mol. The second-order valence-electron chi connectivity index (χ2n) is 12.3. The summed E-state index contributed by atoms with van der Waals surface area (Å²) in [6, 6.07) is 16.4. The average Bonchev–Trinajstić information content (AvgIpc) is 3.71. The maximum atomic E-state index is 14.3. The first-order valence-corrected chi connectivity index (χ1v) is 17.5. The maximum absolute atomic E-state index is 14.3. The Morgan fingerprint density at radius 2 is 1.80 bits per heavy atom. The molecule has 1 amide bonds. The Bertz CT molecular complexity index is 1800. The number of halogens is 1. The molecule has 3 N–H and O–H groups in total. The molecule has 13 nitrogen and oxygen atoms in total. The van der Waals surface area contributed by atoms with Gasteiger partial charge in [-0.05, 0) is 69.5 Å². The van der Waals surface area contributed by atoms with Gasteiger partial charge in [0.2, 0.25) is 5.82 Å². The number of piperidine rings is 1. The number of nitrogens with zero attached hydrogens (tertiary/aromatic N) is 5. The minimum Gasteiger partial charge on any atom is -0.447 e. The third kappa shape index (κ3) is 9.59. The number of benzene rings is 2. The highest BCUT2D eigenvalue weighted by Crippen LogP contribution is 2.31. The van der Waals surface area contributed by atoms with Crippen molar-refractivity contribution in [1.29, 1.82) is 0 Å². The van der Waals surface area contributed by atoms with Gasteiger partial charge in [0.05, 0.1) is 17.1 Å². The third-order valence-electron chi connectivity index (χ3n) is 8.27. The molecule has 4 heterocycles. The summed E-state index contributed by atoms with van der Waals surface area (Å²) in [5.74, 6) is 1.24. The van der Waals surface area contributed by atoms with E-state index in [1.165, 1.54) is 18.2 Å². The number of anilines is 1. The van der Waals surface area contributed by atoms with E-state index in [2.05, 4.69) is 20.0 Å². The van der Waals surface area contributed by atoms with E-state index >= 15 is 0 Å². The van der Waals surface area contributed by atoms with Gasteiger partial charge in [-0.25, -0.2) is 14.2 Å². The third-order valence-corrected chi connectivity index (χ3v) is 9.13. The molecule has 4 aromatic rings. The number of hydrogen-bond donors (Lipinski definition) is 2. The summed E-state index contributed by atoms with van der Waals surface area (Å²) in [4.78, 5) is 24.7. The van der Waals surface area contributed by atoms with E-state index < -0.39 is 10.1 Å². The zero-order valence-electron chi connectivity index (χ0n) is 27.6. The number of carbonyl (C=O) groups is 1. The maximum Gasteiger partial charge on any atom is 0.410 e. The van der Waals surface area contributed by atoms with Crippen molar-refractivity contribution in [1.82, 2.24) is 20.0 Å². The van der Waals surface area contributed by atoms with E-state index in [4.69, 9.17) is 24.3 Å². The number of aryl methyl sites for hydroxylation is 1. The normalized spacial score (nSPS) is 18.3. The molecular formula is C34H41FN6O7S. The first-order valence-electron chi connectivity index (χ1n) is 16.0.